The molecule has 1 saturated heterocycles. The molecule has 0 unspecified atom stereocenters. The van der Waals surface area contributed by atoms with Crippen molar-refractivity contribution < 1.29 is 9.18 Å². The largest absolute Gasteiger partial charge is 0.340 e. The molecule has 3 nitrogen and oxygen atoms in total. The van der Waals surface area contributed by atoms with Crippen molar-refractivity contribution in [2.45, 2.75) is 18.9 Å². The molecule has 0 bridgehead atoms. The van der Waals surface area contributed by atoms with Gasteiger partial charge in [0.25, 0.3) is 0 Å². The molecule has 132 valence electrons. The zero-order valence-electron chi connectivity index (χ0n) is 13.8. The highest BCUT2D eigenvalue weighted by molar-refractivity contribution is 7.16. The Balaban J connectivity index is 1.29. The Bertz CT molecular complexity index is 772. The van der Waals surface area contributed by atoms with Gasteiger partial charge < -0.3 is 4.90 Å². The summed E-state index contributed by atoms with van der Waals surface area (Å²) in [4.78, 5) is 18.3. The van der Waals surface area contributed by atoms with Crippen LogP contribution in [0.5, 0.6) is 0 Å². The van der Waals surface area contributed by atoms with Crippen LogP contribution in [0.15, 0.2) is 36.4 Å². The van der Waals surface area contributed by atoms with Gasteiger partial charge in [-0.1, -0.05) is 23.7 Å². The molecule has 4 rings (SSSR count). The lowest BCUT2D eigenvalue weighted by molar-refractivity contribution is -0.134. The zero-order chi connectivity index (χ0) is 17.4. The second kappa shape index (κ2) is 7.06. The number of benzene rings is 1. The molecule has 0 spiro atoms. The van der Waals surface area contributed by atoms with Gasteiger partial charge in [0.1, 0.15) is 5.82 Å². The SMILES string of the molecule is O=C([C@H]1C[C@H]1c1cccc(F)c1)N1CCN(Cc2ccc(Cl)s2)CC1. The van der Waals surface area contributed by atoms with E-state index < -0.39 is 0 Å². The van der Waals surface area contributed by atoms with Crippen LogP contribution >= 0.6 is 22.9 Å². The van der Waals surface area contributed by atoms with Crippen LogP contribution in [0.25, 0.3) is 0 Å². The van der Waals surface area contributed by atoms with Crippen molar-refractivity contribution in [2.24, 2.45) is 5.92 Å². The fraction of sp³-hybridized carbons (Fsp3) is 0.421. The van der Waals surface area contributed by atoms with E-state index in [1.165, 1.54) is 10.9 Å². The first-order valence-corrected chi connectivity index (χ1v) is 9.80. The summed E-state index contributed by atoms with van der Waals surface area (Å²) in [7, 11) is 0. The third-order valence-corrected chi connectivity index (χ3v) is 6.29. The zero-order valence-corrected chi connectivity index (χ0v) is 15.4. The number of piperazine rings is 1. The van der Waals surface area contributed by atoms with E-state index in [1.807, 2.05) is 17.0 Å². The molecule has 1 aliphatic carbocycles. The Morgan fingerprint density at radius 2 is 2.00 bits per heavy atom. The Kier molecular flexibility index (Phi) is 4.80. The van der Waals surface area contributed by atoms with Gasteiger partial charge in [-0.3, -0.25) is 9.69 Å². The van der Waals surface area contributed by atoms with Gasteiger partial charge in [-0.05, 0) is 42.2 Å². The molecule has 25 heavy (non-hydrogen) atoms. The number of rotatable bonds is 4. The van der Waals surface area contributed by atoms with Gasteiger partial charge in [-0.15, -0.1) is 11.3 Å². The quantitative estimate of drug-likeness (QED) is 0.803. The molecule has 2 aliphatic rings. The molecular weight excluding hydrogens is 359 g/mol. The lowest BCUT2D eigenvalue weighted by Gasteiger charge is -2.34. The van der Waals surface area contributed by atoms with Crippen LogP contribution in [0.1, 0.15) is 22.8 Å². The Hall–Kier alpha value is -1.43. The summed E-state index contributed by atoms with van der Waals surface area (Å²) in [6, 6.07) is 10.6. The minimum absolute atomic E-state index is 0.0319. The summed E-state index contributed by atoms with van der Waals surface area (Å²) < 4.78 is 14.2. The highest BCUT2D eigenvalue weighted by atomic mass is 35.5. The fourth-order valence-corrected chi connectivity index (χ4v) is 4.72. The van der Waals surface area contributed by atoms with E-state index in [2.05, 4.69) is 11.0 Å². The topological polar surface area (TPSA) is 23.6 Å². The third-order valence-electron chi connectivity index (χ3n) is 5.08. The summed E-state index contributed by atoms with van der Waals surface area (Å²) in [5.41, 5.74) is 0.951. The summed E-state index contributed by atoms with van der Waals surface area (Å²) in [5, 5.41) is 0. The highest BCUT2D eigenvalue weighted by Crippen LogP contribution is 2.48. The standard InChI is InChI=1S/C19H20ClFN2OS/c20-18-5-4-15(25-18)12-22-6-8-23(9-7-22)19(24)17-11-16(17)13-2-1-3-14(21)10-13/h1-5,10,16-17H,6-9,11-12H2/t16-,17-/m0/s1. The molecule has 2 fully saturated rings. The summed E-state index contributed by atoms with van der Waals surface area (Å²) in [6.07, 6.45) is 0.843. The number of halogens is 2. The van der Waals surface area contributed by atoms with E-state index in [4.69, 9.17) is 11.6 Å². The van der Waals surface area contributed by atoms with Gasteiger partial charge in [-0.25, -0.2) is 4.39 Å². The first-order valence-electron chi connectivity index (χ1n) is 8.61. The number of thiophene rings is 1. The van der Waals surface area contributed by atoms with E-state index in [9.17, 15) is 9.18 Å². The van der Waals surface area contributed by atoms with Gasteiger partial charge in [0, 0.05) is 43.5 Å². The average Bonchev–Trinajstić information content (AvgIpc) is 3.31. The molecule has 2 aromatic rings. The first-order chi connectivity index (χ1) is 12.1. The van der Waals surface area contributed by atoms with Crippen LogP contribution in [0, 0.1) is 11.7 Å². The van der Waals surface area contributed by atoms with Gasteiger partial charge >= 0.3 is 0 Å². The molecule has 1 aliphatic heterocycles. The molecule has 0 radical (unpaired) electrons. The van der Waals surface area contributed by atoms with Crippen LogP contribution in [0.2, 0.25) is 4.34 Å². The Morgan fingerprint density at radius 1 is 1.20 bits per heavy atom. The molecule has 6 heteroatoms. The normalized spacial score (nSPS) is 23.7. The van der Waals surface area contributed by atoms with Crippen molar-refractivity contribution in [1.82, 2.24) is 9.80 Å². The van der Waals surface area contributed by atoms with Crippen molar-refractivity contribution in [3.8, 4) is 0 Å². The summed E-state index contributed by atoms with van der Waals surface area (Å²) >= 11 is 7.60. The van der Waals surface area contributed by atoms with Crippen molar-refractivity contribution in [2.75, 3.05) is 26.2 Å². The van der Waals surface area contributed by atoms with E-state index in [0.717, 1.165) is 49.0 Å². The number of hydrogen-bond acceptors (Lipinski definition) is 3. The summed E-state index contributed by atoms with van der Waals surface area (Å²) in [5.74, 6) is 0.227. The summed E-state index contributed by atoms with van der Waals surface area (Å²) in [6.45, 7) is 4.21. The lowest BCUT2D eigenvalue weighted by atomic mass is 10.1. The number of carbonyl (C=O) groups is 1. The molecule has 2 heterocycles. The second-order valence-corrected chi connectivity index (χ2v) is 8.61. The van der Waals surface area contributed by atoms with Gasteiger partial charge in [0.05, 0.1) is 4.34 Å². The Morgan fingerprint density at radius 3 is 2.68 bits per heavy atom. The van der Waals surface area contributed by atoms with Crippen LogP contribution in [0.3, 0.4) is 0 Å². The lowest BCUT2D eigenvalue weighted by Crippen LogP contribution is -2.48. The van der Waals surface area contributed by atoms with Crippen LogP contribution < -0.4 is 0 Å². The monoisotopic (exact) mass is 378 g/mol. The second-order valence-electron chi connectivity index (χ2n) is 6.81. The van der Waals surface area contributed by atoms with Crippen LogP contribution in [0.4, 0.5) is 4.39 Å². The van der Waals surface area contributed by atoms with E-state index >= 15 is 0 Å². The van der Waals surface area contributed by atoms with Crippen LogP contribution in [-0.2, 0) is 11.3 Å². The number of carbonyl (C=O) groups excluding carboxylic acids is 1. The molecule has 1 saturated carbocycles. The van der Waals surface area contributed by atoms with Gasteiger partial charge in [0.2, 0.25) is 5.91 Å². The Labute approximate surface area is 156 Å². The maximum atomic E-state index is 13.4. The van der Waals surface area contributed by atoms with Crippen LogP contribution in [-0.4, -0.2) is 41.9 Å². The van der Waals surface area contributed by atoms with Gasteiger partial charge in [0.15, 0.2) is 0 Å². The van der Waals surface area contributed by atoms with Crippen molar-refractivity contribution in [1.29, 1.82) is 0 Å². The smallest absolute Gasteiger partial charge is 0.226 e. The number of hydrogen-bond donors (Lipinski definition) is 0. The highest BCUT2D eigenvalue weighted by Gasteiger charge is 2.46. The minimum Gasteiger partial charge on any atom is -0.340 e. The predicted molar refractivity (Wildman–Crippen MR) is 98.4 cm³/mol. The molecule has 1 aromatic carbocycles. The van der Waals surface area contributed by atoms with Crippen molar-refractivity contribution >= 4 is 28.8 Å². The average molecular weight is 379 g/mol. The molecule has 0 N–H and O–H groups in total. The maximum Gasteiger partial charge on any atom is 0.226 e. The van der Waals surface area contributed by atoms with Crippen molar-refractivity contribution in [3.05, 3.63) is 57.0 Å². The molecular formula is C19H20ClFN2OS. The molecule has 1 amide bonds. The van der Waals surface area contributed by atoms with Gasteiger partial charge in [-0.2, -0.15) is 0 Å². The number of amides is 1. The van der Waals surface area contributed by atoms with E-state index in [-0.39, 0.29) is 23.6 Å². The third kappa shape index (κ3) is 3.89. The molecule has 1 aromatic heterocycles. The fourth-order valence-electron chi connectivity index (χ4n) is 3.59. The van der Waals surface area contributed by atoms with E-state index in [1.54, 1.807) is 23.5 Å². The van der Waals surface area contributed by atoms with Crippen molar-refractivity contribution in [3.63, 3.8) is 0 Å². The first kappa shape index (κ1) is 17.0. The predicted octanol–water partition coefficient (Wildman–Crippen LogP) is 3.99. The van der Waals surface area contributed by atoms with E-state index in [0.29, 0.717) is 0 Å². The minimum atomic E-state index is -0.224. The molecule has 2 atom stereocenters. The maximum absolute atomic E-state index is 13.4. The number of nitrogens with zero attached hydrogens (tertiary/aromatic N) is 2.